The summed E-state index contributed by atoms with van der Waals surface area (Å²) in [5.41, 5.74) is 0.761. The second kappa shape index (κ2) is 4.44. The Labute approximate surface area is 106 Å². The third-order valence-electron chi connectivity index (χ3n) is 1.80. The Morgan fingerprint density at radius 3 is 2.76 bits per heavy atom. The van der Waals surface area contributed by atoms with Crippen molar-refractivity contribution in [2.24, 2.45) is 0 Å². The molecule has 0 aliphatic heterocycles. The van der Waals surface area contributed by atoms with Gasteiger partial charge in [0.2, 0.25) is 0 Å². The van der Waals surface area contributed by atoms with Crippen LogP contribution in [0.15, 0.2) is 21.7 Å². The van der Waals surface area contributed by atoms with E-state index in [9.17, 15) is 8.42 Å². The Morgan fingerprint density at radius 1 is 1.47 bits per heavy atom. The van der Waals surface area contributed by atoms with Crippen LogP contribution in [-0.4, -0.2) is 13.4 Å². The van der Waals surface area contributed by atoms with E-state index < -0.39 is 10.0 Å². The van der Waals surface area contributed by atoms with Crippen LogP contribution in [0.25, 0.3) is 0 Å². The molecule has 0 aliphatic rings. The van der Waals surface area contributed by atoms with Crippen LogP contribution in [0.1, 0.15) is 10.6 Å². The van der Waals surface area contributed by atoms with Crippen molar-refractivity contribution in [1.29, 1.82) is 5.26 Å². The van der Waals surface area contributed by atoms with Gasteiger partial charge in [-0.25, -0.2) is 13.4 Å². The average molecular weight is 285 g/mol. The highest BCUT2D eigenvalue weighted by Gasteiger charge is 2.18. The molecule has 0 aliphatic carbocycles. The molecule has 0 bridgehead atoms. The molecule has 0 amide bonds. The Hall–Kier alpha value is -1.43. The lowest BCUT2D eigenvalue weighted by Crippen LogP contribution is -2.11. The second-order valence-electron chi connectivity index (χ2n) is 3.13. The van der Waals surface area contributed by atoms with Crippen molar-refractivity contribution >= 4 is 37.8 Å². The highest BCUT2D eigenvalue weighted by atomic mass is 32.2. The first-order chi connectivity index (χ1) is 8.01. The Bertz CT molecular complexity index is 678. The fourth-order valence-electron chi connectivity index (χ4n) is 1.09. The topological polar surface area (TPSA) is 82.9 Å². The average Bonchev–Trinajstić information content (AvgIpc) is 2.86. The molecule has 0 saturated carbocycles. The number of aromatic nitrogens is 1. The number of anilines is 1. The van der Waals surface area contributed by atoms with Gasteiger partial charge in [-0.2, -0.15) is 5.26 Å². The molecule has 0 unspecified atom stereocenters. The quantitative estimate of drug-likeness (QED) is 0.937. The second-order valence-corrected chi connectivity index (χ2v) is 6.98. The zero-order chi connectivity index (χ0) is 12.5. The number of nitrogens with zero attached hydrogens (tertiary/aromatic N) is 2. The van der Waals surface area contributed by atoms with Crippen molar-refractivity contribution in [3.05, 3.63) is 28.1 Å². The minimum absolute atomic E-state index is 0.113. The van der Waals surface area contributed by atoms with E-state index in [-0.39, 0.29) is 4.21 Å². The molecule has 2 aromatic rings. The molecule has 0 radical (unpaired) electrons. The first kappa shape index (κ1) is 12.0. The third-order valence-corrected chi connectivity index (χ3v) is 5.62. The molecule has 2 aromatic heterocycles. The number of sulfonamides is 1. The van der Waals surface area contributed by atoms with Gasteiger partial charge in [0.25, 0.3) is 10.0 Å². The summed E-state index contributed by atoms with van der Waals surface area (Å²) in [4.78, 5) is 4.38. The number of thiazole rings is 1. The van der Waals surface area contributed by atoms with Gasteiger partial charge in [0.1, 0.15) is 15.2 Å². The fraction of sp³-hybridized carbons (Fsp3) is 0.111. The van der Waals surface area contributed by atoms with Gasteiger partial charge < -0.3 is 0 Å². The van der Waals surface area contributed by atoms with Crippen LogP contribution in [-0.2, 0) is 10.0 Å². The summed E-state index contributed by atoms with van der Waals surface area (Å²) in [7, 11) is -3.62. The van der Waals surface area contributed by atoms with Gasteiger partial charge in [0, 0.05) is 5.38 Å². The summed E-state index contributed by atoms with van der Waals surface area (Å²) in [6.45, 7) is 1.78. The van der Waals surface area contributed by atoms with Crippen LogP contribution in [0.4, 0.5) is 5.13 Å². The van der Waals surface area contributed by atoms with Crippen LogP contribution in [0.2, 0.25) is 0 Å². The number of hydrogen-bond acceptors (Lipinski definition) is 6. The SMILES string of the molecule is Cc1csc(NS(=O)(=O)c2ccc(C#N)s2)n1. The van der Waals surface area contributed by atoms with E-state index >= 15 is 0 Å². The zero-order valence-corrected chi connectivity index (χ0v) is 11.1. The minimum atomic E-state index is -3.62. The van der Waals surface area contributed by atoms with Gasteiger partial charge in [-0.1, -0.05) is 0 Å². The summed E-state index contributed by atoms with van der Waals surface area (Å²) in [5.74, 6) is 0. The van der Waals surface area contributed by atoms with Crippen molar-refractivity contribution in [3.63, 3.8) is 0 Å². The van der Waals surface area contributed by atoms with Gasteiger partial charge in [-0.05, 0) is 19.1 Å². The molecular formula is C9H7N3O2S3. The smallest absolute Gasteiger partial charge is 0.254 e. The van der Waals surface area contributed by atoms with Crippen LogP contribution in [0, 0.1) is 18.3 Å². The lowest BCUT2D eigenvalue weighted by molar-refractivity contribution is 0.603. The summed E-state index contributed by atoms with van der Waals surface area (Å²) in [6, 6.07) is 4.79. The maximum atomic E-state index is 11.9. The molecule has 0 aromatic carbocycles. The summed E-state index contributed by atoms with van der Waals surface area (Å²) >= 11 is 2.15. The Balaban J connectivity index is 2.28. The molecule has 0 saturated heterocycles. The number of nitrogens with one attached hydrogen (secondary N) is 1. The molecule has 5 nitrogen and oxygen atoms in total. The first-order valence-corrected chi connectivity index (χ1v) is 7.64. The maximum Gasteiger partial charge on any atom is 0.273 e. The summed E-state index contributed by atoms with van der Waals surface area (Å²) in [6.07, 6.45) is 0. The van der Waals surface area contributed by atoms with Gasteiger partial charge in [-0.15, -0.1) is 22.7 Å². The summed E-state index contributed by atoms with van der Waals surface area (Å²) < 4.78 is 26.3. The molecule has 17 heavy (non-hydrogen) atoms. The molecule has 1 N–H and O–H groups in total. The number of rotatable bonds is 3. The van der Waals surface area contributed by atoms with Gasteiger partial charge >= 0.3 is 0 Å². The number of nitriles is 1. The van der Waals surface area contributed by atoms with E-state index in [0.717, 1.165) is 17.0 Å². The predicted molar refractivity (Wildman–Crippen MR) is 66.7 cm³/mol. The highest BCUT2D eigenvalue weighted by molar-refractivity contribution is 7.94. The van der Waals surface area contributed by atoms with E-state index in [1.807, 2.05) is 6.07 Å². The molecule has 88 valence electrons. The molecule has 0 fully saturated rings. The number of thiophene rings is 1. The molecule has 0 spiro atoms. The molecule has 2 heterocycles. The molecular weight excluding hydrogens is 278 g/mol. The molecule has 0 atom stereocenters. The van der Waals surface area contributed by atoms with E-state index in [1.54, 1.807) is 12.3 Å². The van der Waals surface area contributed by atoms with Crippen LogP contribution >= 0.6 is 22.7 Å². The van der Waals surface area contributed by atoms with Gasteiger partial charge in [-0.3, -0.25) is 4.72 Å². The lowest BCUT2D eigenvalue weighted by Gasteiger charge is -2.01. The number of aryl methyl sites for hydroxylation is 1. The highest BCUT2D eigenvalue weighted by Crippen LogP contribution is 2.24. The summed E-state index contributed by atoms with van der Waals surface area (Å²) in [5, 5.41) is 10.7. The van der Waals surface area contributed by atoms with E-state index in [2.05, 4.69) is 9.71 Å². The van der Waals surface area contributed by atoms with Crippen LogP contribution in [0.5, 0.6) is 0 Å². The fourth-order valence-corrected chi connectivity index (χ4v) is 4.13. The van der Waals surface area contributed by atoms with Gasteiger partial charge in [0.15, 0.2) is 5.13 Å². The Morgan fingerprint density at radius 2 is 2.24 bits per heavy atom. The minimum Gasteiger partial charge on any atom is -0.254 e. The van der Waals surface area contributed by atoms with Crippen molar-refractivity contribution in [1.82, 2.24) is 4.98 Å². The predicted octanol–water partition coefficient (Wildman–Crippen LogP) is 2.19. The normalized spacial score (nSPS) is 11.1. The lowest BCUT2D eigenvalue weighted by atomic mass is 10.5. The van der Waals surface area contributed by atoms with Crippen LogP contribution in [0.3, 0.4) is 0 Å². The van der Waals surface area contributed by atoms with Crippen molar-refractivity contribution in [2.45, 2.75) is 11.1 Å². The van der Waals surface area contributed by atoms with Crippen LogP contribution < -0.4 is 4.72 Å². The van der Waals surface area contributed by atoms with E-state index in [1.165, 1.54) is 23.5 Å². The first-order valence-electron chi connectivity index (χ1n) is 4.46. The zero-order valence-electron chi connectivity index (χ0n) is 8.67. The van der Waals surface area contributed by atoms with E-state index in [0.29, 0.717) is 10.0 Å². The van der Waals surface area contributed by atoms with Gasteiger partial charge in [0.05, 0.1) is 5.69 Å². The largest absolute Gasteiger partial charge is 0.273 e. The standard InChI is InChI=1S/C9H7N3O2S3/c1-6-5-15-9(11-6)12-17(13,14)8-3-2-7(4-10)16-8/h2-3,5H,1H3,(H,11,12). The monoisotopic (exact) mass is 285 g/mol. The molecule has 2 rings (SSSR count). The third kappa shape index (κ3) is 2.63. The van der Waals surface area contributed by atoms with Crippen molar-refractivity contribution in [3.8, 4) is 6.07 Å². The maximum absolute atomic E-state index is 11.9. The van der Waals surface area contributed by atoms with Crippen molar-refractivity contribution < 1.29 is 8.42 Å². The molecule has 8 heteroatoms. The van der Waals surface area contributed by atoms with Crippen molar-refractivity contribution in [2.75, 3.05) is 4.72 Å². The van der Waals surface area contributed by atoms with E-state index in [4.69, 9.17) is 5.26 Å². The number of hydrogen-bond donors (Lipinski definition) is 1. The Kier molecular flexibility index (Phi) is 3.15.